The number of esters is 2. The SMILES string of the molecule is CCCOC(=O)c1cccc(-c2ccc(C=c3sc4n(c3=O)C(c3ccc(C(C)C)cc3)C(C(=O)OCC)=C(C)N=4)o2)c1. The molecule has 5 rings (SSSR count). The fourth-order valence-corrected chi connectivity index (χ4v) is 5.99. The van der Waals surface area contributed by atoms with Crippen LogP contribution in [0.2, 0.25) is 0 Å². The Labute approximate surface area is 253 Å². The maximum atomic E-state index is 13.9. The van der Waals surface area contributed by atoms with Gasteiger partial charge in [0.15, 0.2) is 4.80 Å². The molecular weight excluding hydrogens is 564 g/mol. The Morgan fingerprint density at radius 2 is 1.81 bits per heavy atom. The van der Waals surface area contributed by atoms with Gasteiger partial charge in [-0.2, -0.15) is 0 Å². The summed E-state index contributed by atoms with van der Waals surface area (Å²) in [5.41, 5.74) is 3.68. The number of thiazole rings is 1. The van der Waals surface area contributed by atoms with Crippen LogP contribution >= 0.6 is 11.3 Å². The van der Waals surface area contributed by atoms with Crippen molar-refractivity contribution in [3.8, 4) is 11.3 Å². The van der Waals surface area contributed by atoms with E-state index in [-0.39, 0.29) is 18.1 Å². The second kappa shape index (κ2) is 12.8. The first-order chi connectivity index (χ1) is 20.7. The number of carbonyl (C=O) groups is 2. The Kier molecular flexibility index (Phi) is 8.92. The van der Waals surface area contributed by atoms with E-state index >= 15 is 0 Å². The zero-order valence-corrected chi connectivity index (χ0v) is 25.7. The number of benzene rings is 2. The number of ether oxygens (including phenoxy) is 2. The normalized spacial score (nSPS) is 14.9. The molecule has 0 radical (unpaired) electrons. The summed E-state index contributed by atoms with van der Waals surface area (Å²) >= 11 is 1.23. The Bertz CT molecular complexity index is 1870. The fraction of sp³-hybridized carbons (Fsp3) is 0.294. The van der Waals surface area contributed by atoms with Gasteiger partial charge < -0.3 is 13.9 Å². The molecule has 0 bridgehead atoms. The highest BCUT2D eigenvalue weighted by molar-refractivity contribution is 7.07. The van der Waals surface area contributed by atoms with Crippen molar-refractivity contribution in [1.29, 1.82) is 0 Å². The molecule has 3 heterocycles. The van der Waals surface area contributed by atoms with Crippen molar-refractivity contribution in [1.82, 2.24) is 4.57 Å². The van der Waals surface area contributed by atoms with Crippen molar-refractivity contribution < 1.29 is 23.5 Å². The second-order valence-electron chi connectivity index (χ2n) is 10.5. The highest BCUT2D eigenvalue weighted by Gasteiger charge is 2.33. The van der Waals surface area contributed by atoms with Crippen LogP contribution < -0.4 is 14.9 Å². The van der Waals surface area contributed by atoms with Crippen molar-refractivity contribution in [3.63, 3.8) is 0 Å². The fourth-order valence-electron chi connectivity index (χ4n) is 4.96. The van der Waals surface area contributed by atoms with E-state index in [0.29, 0.717) is 55.8 Å². The van der Waals surface area contributed by atoms with Crippen molar-refractivity contribution in [2.24, 2.45) is 4.99 Å². The van der Waals surface area contributed by atoms with Gasteiger partial charge in [0.25, 0.3) is 5.56 Å². The average molecular weight is 599 g/mol. The van der Waals surface area contributed by atoms with Crippen LogP contribution in [0.3, 0.4) is 0 Å². The van der Waals surface area contributed by atoms with Gasteiger partial charge in [-0.3, -0.25) is 9.36 Å². The summed E-state index contributed by atoms with van der Waals surface area (Å²) in [6.07, 6.45) is 2.42. The summed E-state index contributed by atoms with van der Waals surface area (Å²) in [5.74, 6) is 0.481. The zero-order chi connectivity index (χ0) is 30.7. The van der Waals surface area contributed by atoms with Gasteiger partial charge in [0.05, 0.1) is 40.6 Å². The largest absolute Gasteiger partial charge is 0.463 e. The lowest BCUT2D eigenvalue weighted by atomic mass is 9.93. The van der Waals surface area contributed by atoms with Gasteiger partial charge in [-0.1, -0.05) is 68.5 Å². The van der Waals surface area contributed by atoms with Crippen LogP contribution in [-0.2, 0) is 14.3 Å². The van der Waals surface area contributed by atoms with Crippen molar-refractivity contribution in [2.45, 2.75) is 53.0 Å². The van der Waals surface area contributed by atoms with Crippen molar-refractivity contribution >= 4 is 29.4 Å². The van der Waals surface area contributed by atoms with E-state index in [1.165, 1.54) is 11.3 Å². The minimum Gasteiger partial charge on any atom is -0.463 e. The van der Waals surface area contributed by atoms with Gasteiger partial charge in [0.2, 0.25) is 0 Å². The molecule has 43 heavy (non-hydrogen) atoms. The van der Waals surface area contributed by atoms with E-state index in [1.807, 2.05) is 37.3 Å². The molecule has 0 saturated heterocycles. The molecule has 8 nitrogen and oxygen atoms in total. The molecule has 0 spiro atoms. The summed E-state index contributed by atoms with van der Waals surface area (Å²) < 4.78 is 18.7. The molecule has 0 amide bonds. The zero-order valence-electron chi connectivity index (χ0n) is 24.9. The molecule has 2 aromatic carbocycles. The average Bonchev–Trinajstić information content (AvgIpc) is 3.59. The van der Waals surface area contributed by atoms with Crippen molar-refractivity contribution in [2.75, 3.05) is 13.2 Å². The quantitative estimate of drug-likeness (QED) is 0.228. The molecule has 222 valence electrons. The summed E-state index contributed by atoms with van der Waals surface area (Å²) in [7, 11) is 0. The lowest BCUT2D eigenvalue weighted by Crippen LogP contribution is -2.39. The molecular formula is C34H34N2O6S. The minimum absolute atomic E-state index is 0.211. The summed E-state index contributed by atoms with van der Waals surface area (Å²) in [6.45, 7) is 10.3. The maximum Gasteiger partial charge on any atom is 0.338 e. The summed E-state index contributed by atoms with van der Waals surface area (Å²) in [4.78, 5) is 44.5. The molecule has 1 atom stereocenters. The smallest absolute Gasteiger partial charge is 0.338 e. The summed E-state index contributed by atoms with van der Waals surface area (Å²) in [6, 6.07) is 17.9. The van der Waals surface area contributed by atoms with E-state index in [0.717, 1.165) is 17.5 Å². The number of furan rings is 1. The Morgan fingerprint density at radius 3 is 2.51 bits per heavy atom. The number of nitrogens with zero attached hydrogens (tertiary/aromatic N) is 2. The van der Waals surface area contributed by atoms with E-state index in [2.05, 4.69) is 18.8 Å². The number of allylic oxidation sites excluding steroid dienone is 1. The van der Waals surface area contributed by atoms with Gasteiger partial charge in [-0.15, -0.1) is 0 Å². The van der Waals surface area contributed by atoms with Gasteiger partial charge in [-0.25, -0.2) is 14.6 Å². The van der Waals surface area contributed by atoms with E-state index in [9.17, 15) is 14.4 Å². The standard InChI is InChI=1S/C34H34N2O6S/c1-6-17-41-32(38)25-10-8-9-24(18-25)27-16-15-26(42-27)19-28-31(37)36-30(23-13-11-22(12-14-23)20(3)4)29(33(39)40-7-2)21(5)35-34(36)43-28/h8-16,18-20,30H,6-7,17H2,1-5H3. The molecule has 2 aromatic heterocycles. The highest BCUT2D eigenvalue weighted by Crippen LogP contribution is 2.31. The van der Waals surface area contributed by atoms with Crippen LogP contribution in [0.5, 0.6) is 0 Å². The first-order valence-electron chi connectivity index (χ1n) is 14.4. The molecule has 4 aromatic rings. The highest BCUT2D eigenvalue weighted by atomic mass is 32.1. The number of carbonyl (C=O) groups excluding carboxylic acids is 2. The Morgan fingerprint density at radius 1 is 1.05 bits per heavy atom. The third-order valence-electron chi connectivity index (χ3n) is 7.16. The number of hydrogen-bond acceptors (Lipinski definition) is 8. The first kappa shape index (κ1) is 30.0. The predicted molar refractivity (Wildman–Crippen MR) is 166 cm³/mol. The predicted octanol–water partition coefficient (Wildman–Crippen LogP) is 5.75. The van der Waals surface area contributed by atoms with E-state index in [1.54, 1.807) is 54.8 Å². The molecule has 0 saturated carbocycles. The number of rotatable bonds is 9. The third-order valence-corrected chi connectivity index (χ3v) is 8.14. The van der Waals surface area contributed by atoms with Crippen molar-refractivity contribution in [3.05, 3.63) is 114 Å². The van der Waals surface area contributed by atoms with E-state index in [4.69, 9.17) is 13.9 Å². The summed E-state index contributed by atoms with van der Waals surface area (Å²) in [5, 5.41) is 0. The third kappa shape index (κ3) is 6.17. The van der Waals surface area contributed by atoms with Gasteiger partial charge in [-0.05, 0) is 61.6 Å². The maximum absolute atomic E-state index is 13.9. The number of aromatic nitrogens is 1. The van der Waals surface area contributed by atoms with Crippen LogP contribution in [0.4, 0.5) is 0 Å². The minimum atomic E-state index is -0.680. The topological polar surface area (TPSA) is 100 Å². The van der Waals surface area contributed by atoms with Crippen LogP contribution in [0.25, 0.3) is 17.4 Å². The lowest BCUT2D eigenvalue weighted by Gasteiger charge is -2.25. The van der Waals surface area contributed by atoms with Gasteiger partial charge in [0.1, 0.15) is 11.5 Å². The molecule has 0 fully saturated rings. The Balaban J connectivity index is 1.55. The Hall–Kier alpha value is -4.50. The van der Waals surface area contributed by atoms with Crippen LogP contribution in [-0.4, -0.2) is 29.7 Å². The van der Waals surface area contributed by atoms with Crippen LogP contribution in [0.1, 0.15) is 80.2 Å². The van der Waals surface area contributed by atoms with Crippen LogP contribution in [0.15, 0.2) is 86.1 Å². The molecule has 0 N–H and O–H groups in total. The van der Waals surface area contributed by atoms with Gasteiger partial charge >= 0.3 is 11.9 Å². The van der Waals surface area contributed by atoms with Crippen LogP contribution in [0, 0.1) is 0 Å². The number of hydrogen-bond donors (Lipinski definition) is 0. The molecule has 1 aliphatic rings. The molecule has 1 aliphatic heterocycles. The lowest BCUT2D eigenvalue weighted by molar-refractivity contribution is -0.139. The van der Waals surface area contributed by atoms with E-state index < -0.39 is 12.0 Å². The molecule has 0 aliphatic carbocycles. The van der Waals surface area contributed by atoms with Gasteiger partial charge in [0, 0.05) is 11.6 Å². The second-order valence-corrected chi connectivity index (χ2v) is 11.6. The first-order valence-corrected chi connectivity index (χ1v) is 15.2. The monoisotopic (exact) mass is 598 g/mol. The molecule has 1 unspecified atom stereocenters. The molecule has 9 heteroatoms. The number of fused-ring (bicyclic) bond motifs is 1.